The Labute approximate surface area is 117 Å². The fourth-order valence-electron chi connectivity index (χ4n) is 1.74. The van der Waals surface area contributed by atoms with Crippen LogP contribution in [0.25, 0.3) is 11.1 Å². The lowest BCUT2D eigenvalue weighted by atomic mass is 10.1. The fourth-order valence-corrected chi connectivity index (χ4v) is 1.74. The Kier molecular flexibility index (Phi) is 4.50. The molecule has 4 nitrogen and oxygen atoms in total. The summed E-state index contributed by atoms with van der Waals surface area (Å²) in [5.41, 5.74) is 2.86. The highest BCUT2D eigenvalue weighted by Gasteiger charge is 2.04. The summed E-state index contributed by atoms with van der Waals surface area (Å²) < 4.78 is 4.62. The first-order valence-electron chi connectivity index (χ1n) is 6.24. The van der Waals surface area contributed by atoms with Gasteiger partial charge in [0.05, 0.1) is 0 Å². The van der Waals surface area contributed by atoms with E-state index in [1.165, 1.54) is 6.92 Å². The maximum absolute atomic E-state index is 11.5. The molecular formula is C16H15NO3. The normalized spacial score (nSPS) is 9.85. The van der Waals surface area contributed by atoms with Crippen LogP contribution in [-0.4, -0.2) is 18.5 Å². The Hall–Kier alpha value is -2.62. The first-order valence-corrected chi connectivity index (χ1v) is 6.24. The molecule has 102 valence electrons. The number of carbonyl (C=O) groups is 2. The van der Waals surface area contributed by atoms with Gasteiger partial charge in [-0.15, -0.1) is 0 Å². The molecule has 0 bridgehead atoms. The molecular weight excluding hydrogens is 254 g/mol. The number of esters is 1. The molecule has 0 aliphatic rings. The molecule has 2 aromatic rings. The van der Waals surface area contributed by atoms with Gasteiger partial charge in [-0.3, -0.25) is 9.59 Å². The van der Waals surface area contributed by atoms with Crippen LogP contribution in [0.5, 0.6) is 0 Å². The van der Waals surface area contributed by atoms with Crippen molar-refractivity contribution in [2.75, 3.05) is 11.9 Å². The van der Waals surface area contributed by atoms with Crippen molar-refractivity contribution < 1.29 is 14.3 Å². The molecule has 0 aromatic heterocycles. The topological polar surface area (TPSA) is 55.4 Å². The van der Waals surface area contributed by atoms with Crippen LogP contribution in [0.2, 0.25) is 0 Å². The van der Waals surface area contributed by atoms with Crippen molar-refractivity contribution in [1.29, 1.82) is 0 Å². The highest BCUT2D eigenvalue weighted by Crippen LogP contribution is 2.20. The van der Waals surface area contributed by atoms with Crippen LogP contribution in [0.3, 0.4) is 0 Å². The predicted octanol–water partition coefficient (Wildman–Crippen LogP) is 2.86. The average Bonchev–Trinajstić information content (AvgIpc) is 2.47. The van der Waals surface area contributed by atoms with E-state index in [2.05, 4.69) is 10.1 Å². The van der Waals surface area contributed by atoms with E-state index in [9.17, 15) is 9.59 Å². The molecule has 0 saturated heterocycles. The van der Waals surface area contributed by atoms with E-state index >= 15 is 0 Å². The van der Waals surface area contributed by atoms with Crippen LogP contribution < -0.4 is 5.32 Å². The summed E-state index contributed by atoms with van der Waals surface area (Å²) >= 11 is 0. The zero-order valence-corrected chi connectivity index (χ0v) is 11.1. The number of benzene rings is 2. The first-order chi connectivity index (χ1) is 9.65. The van der Waals surface area contributed by atoms with Crippen LogP contribution in [0.15, 0.2) is 54.6 Å². The average molecular weight is 269 g/mol. The molecule has 1 N–H and O–H groups in total. The molecule has 0 unspecified atom stereocenters. The van der Waals surface area contributed by atoms with Crippen molar-refractivity contribution in [3.05, 3.63) is 54.6 Å². The summed E-state index contributed by atoms with van der Waals surface area (Å²) in [5.74, 6) is -0.827. The largest absolute Gasteiger partial charge is 0.456 e. The summed E-state index contributed by atoms with van der Waals surface area (Å²) in [6, 6.07) is 17.4. The number of hydrogen-bond acceptors (Lipinski definition) is 3. The highest BCUT2D eigenvalue weighted by molar-refractivity contribution is 5.92. The SMILES string of the molecule is CC(=O)OCC(=O)Nc1ccc(-c2ccccc2)cc1. The van der Waals surface area contributed by atoms with Crippen molar-refractivity contribution in [1.82, 2.24) is 0 Å². The van der Waals surface area contributed by atoms with E-state index in [1.807, 2.05) is 54.6 Å². The van der Waals surface area contributed by atoms with E-state index in [4.69, 9.17) is 0 Å². The highest BCUT2D eigenvalue weighted by atomic mass is 16.5. The molecule has 0 spiro atoms. The first kappa shape index (κ1) is 13.8. The Balaban J connectivity index is 1.98. The van der Waals surface area contributed by atoms with E-state index in [1.54, 1.807) is 0 Å². The minimum Gasteiger partial charge on any atom is -0.456 e. The minimum absolute atomic E-state index is 0.268. The molecule has 0 fully saturated rings. The van der Waals surface area contributed by atoms with Crippen LogP contribution in [0.4, 0.5) is 5.69 Å². The number of rotatable bonds is 4. The zero-order chi connectivity index (χ0) is 14.4. The molecule has 0 radical (unpaired) electrons. The summed E-state index contributed by atoms with van der Waals surface area (Å²) in [7, 11) is 0. The molecule has 0 atom stereocenters. The number of amides is 1. The smallest absolute Gasteiger partial charge is 0.303 e. The number of hydrogen-bond donors (Lipinski definition) is 1. The van der Waals surface area contributed by atoms with E-state index < -0.39 is 5.97 Å². The summed E-state index contributed by atoms with van der Waals surface area (Å²) in [4.78, 5) is 22.1. The van der Waals surface area contributed by atoms with Crippen molar-refractivity contribution in [2.24, 2.45) is 0 Å². The number of carbonyl (C=O) groups excluding carboxylic acids is 2. The molecule has 0 saturated carbocycles. The predicted molar refractivity (Wildman–Crippen MR) is 77.1 cm³/mol. The van der Waals surface area contributed by atoms with Gasteiger partial charge in [0.15, 0.2) is 6.61 Å². The van der Waals surface area contributed by atoms with Gasteiger partial charge in [0, 0.05) is 12.6 Å². The van der Waals surface area contributed by atoms with Crippen LogP contribution in [0.1, 0.15) is 6.92 Å². The Bertz CT molecular complexity index is 591. The Morgan fingerprint density at radius 3 is 2.15 bits per heavy atom. The fraction of sp³-hybridized carbons (Fsp3) is 0.125. The van der Waals surface area contributed by atoms with Gasteiger partial charge < -0.3 is 10.1 Å². The van der Waals surface area contributed by atoms with Crippen LogP contribution in [-0.2, 0) is 14.3 Å². The lowest BCUT2D eigenvalue weighted by molar-refractivity contribution is -0.144. The second kappa shape index (κ2) is 6.52. The van der Waals surface area contributed by atoms with E-state index in [-0.39, 0.29) is 12.5 Å². The Morgan fingerprint density at radius 1 is 0.950 bits per heavy atom. The van der Waals surface area contributed by atoms with Gasteiger partial charge in [-0.1, -0.05) is 42.5 Å². The van der Waals surface area contributed by atoms with Gasteiger partial charge in [0.25, 0.3) is 5.91 Å². The third-order valence-electron chi connectivity index (χ3n) is 2.68. The molecule has 1 amide bonds. The molecule has 0 aliphatic heterocycles. The van der Waals surface area contributed by atoms with Gasteiger partial charge in [0.1, 0.15) is 0 Å². The molecule has 2 rings (SSSR count). The zero-order valence-electron chi connectivity index (χ0n) is 11.1. The van der Waals surface area contributed by atoms with Crippen molar-refractivity contribution in [3.63, 3.8) is 0 Å². The van der Waals surface area contributed by atoms with Crippen LogP contribution in [0, 0.1) is 0 Å². The Morgan fingerprint density at radius 2 is 1.55 bits per heavy atom. The number of anilines is 1. The van der Waals surface area contributed by atoms with Gasteiger partial charge in [-0.25, -0.2) is 0 Å². The second-order valence-electron chi connectivity index (χ2n) is 4.27. The van der Waals surface area contributed by atoms with Crippen LogP contribution >= 0.6 is 0 Å². The van der Waals surface area contributed by atoms with Gasteiger partial charge in [-0.05, 0) is 23.3 Å². The van der Waals surface area contributed by atoms with Crippen molar-refractivity contribution >= 4 is 17.6 Å². The molecule has 4 heteroatoms. The summed E-state index contributed by atoms with van der Waals surface area (Å²) in [6.07, 6.45) is 0. The third-order valence-corrected chi connectivity index (χ3v) is 2.68. The molecule has 20 heavy (non-hydrogen) atoms. The van der Waals surface area contributed by atoms with Gasteiger partial charge >= 0.3 is 5.97 Å². The maximum Gasteiger partial charge on any atom is 0.303 e. The third kappa shape index (κ3) is 3.95. The minimum atomic E-state index is -0.473. The van der Waals surface area contributed by atoms with E-state index in [0.717, 1.165) is 11.1 Å². The second-order valence-corrected chi connectivity index (χ2v) is 4.27. The number of ether oxygens (including phenoxy) is 1. The molecule has 2 aromatic carbocycles. The molecule has 0 aliphatic carbocycles. The monoisotopic (exact) mass is 269 g/mol. The standard InChI is InChI=1S/C16H15NO3/c1-12(18)20-11-16(19)17-15-9-7-14(8-10-15)13-5-3-2-4-6-13/h2-10H,11H2,1H3,(H,17,19). The van der Waals surface area contributed by atoms with Gasteiger partial charge in [-0.2, -0.15) is 0 Å². The summed E-state index contributed by atoms with van der Waals surface area (Å²) in [6.45, 7) is 0.998. The summed E-state index contributed by atoms with van der Waals surface area (Å²) in [5, 5.41) is 2.66. The quantitative estimate of drug-likeness (QED) is 0.868. The molecule has 0 heterocycles. The van der Waals surface area contributed by atoms with Crippen molar-refractivity contribution in [3.8, 4) is 11.1 Å². The lowest BCUT2D eigenvalue weighted by Gasteiger charge is -2.07. The van der Waals surface area contributed by atoms with E-state index in [0.29, 0.717) is 5.69 Å². The van der Waals surface area contributed by atoms with Crippen molar-refractivity contribution in [2.45, 2.75) is 6.92 Å². The van der Waals surface area contributed by atoms with Gasteiger partial charge in [0.2, 0.25) is 0 Å². The lowest BCUT2D eigenvalue weighted by Crippen LogP contribution is -2.19. The number of nitrogens with one attached hydrogen (secondary N) is 1. The maximum atomic E-state index is 11.5.